The summed E-state index contributed by atoms with van der Waals surface area (Å²) in [5.74, 6) is 7.85. The van der Waals surface area contributed by atoms with Gasteiger partial charge in [0.05, 0.1) is 11.4 Å². The molecular formula is C32H19Cl2F2IN6. The van der Waals surface area contributed by atoms with Crippen LogP contribution in [0.2, 0.25) is 10.3 Å². The Morgan fingerprint density at radius 3 is 1.65 bits per heavy atom. The van der Waals surface area contributed by atoms with Gasteiger partial charge in [-0.05, 0) is 113 Å². The van der Waals surface area contributed by atoms with Crippen molar-refractivity contribution in [1.29, 1.82) is 0 Å². The zero-order chi connectivity index (χ0) is 30.6. The molecular weight excluding hydrogens is 704 g/mol. The topological polar surface area (TPSA) is 61.4 Å². The fraction of sp³-hybridized carbons (Fsp3) is 0. The summed E-state index contributed by atoms with van der Waals surface area (Å²) in [6, 6.07) is 22.8. The SMILES string of the molecule is C#Cc1ccnc(Cl)c1.Fc1ccc(-n2ccc(C#Cc3ccnc(Cl)c3)n2)cc1.Fc1ccc(-n2ccc(I)n2)cc1. The lowest BCUT2D eigenvalue weighted by Gasteiger charge is -1.99. The summed E-state index contributed by atoms with van der Waals surface area (Å²) in [6.07, 6.45) is 11.9. The number of rotatable bonds is 2. The number of benzene rings is 2. The van der Waals surface area contributed by atoms with Crippen molar-refractivity contribution in [3.8, 4) is 35.6 Å². The molecule has 4 aromatic heterocycles. The van der Waals surface area contributed by atoms with E-state index < -0.39 is 0 Å². The van der Waals surface area contributed by atoms with Crippen LogP contribution in [0.15, 0.2) is 110 Å². The van der Waals surface area contributed by atoms with Crippen LogP contribution in [0, 0.1) is 39.5 Å². The van der Waals surface area contributed by atoms with Gasteiger partial charge in [-0.25, -0.2) is 28.1 Å². The third-order valence-electron chi connectivity index (χ3n) is 5.28. The lowest BCUT2D eigenvalue weighted by atomic mass is 10.2. The van der Waals surface area contributed by atoms with Gasteiger partial charge in [-0.2, -0.15) is 10.2 Å². The molecule has 0 N–H and O–H groups in total. The average Bonchev–Trinajstić information content (AvgIpc) is 3.67. The Bertz CT molecular complexity index is 1900. The van der Waals surface area contributed by atoms with Gasteiger partial charge in [-0.1, -0.05) is 35.0 Å². The second-order valence-electron chi connectivity index (χ2n) is 8.31. The first-order valence-corrected chi connectivity index (χ1v) is 14.1. The van der Waals surface area contributed by atoms with Gasteiger partial charge in [0, 0.05) is 35.9 Å². The minimum Gasteiger partial charge on any atom is -0.244 e. The molecule has 0 aliphatic rings. The first-order chi connectivity index (χ1) is 20.8. The van der Waals surface area contributed by atoms with Crippen LogP contribution in [0.4, 0.5) is 8.78 Å². The monoisotopic (exact) mass is 722 g/mol. The van der Waals surface area contributed by atoms with Crippen molar-refractivity contribution in [2.24, 2.45) is 0 Å². The summed E-state index contributed by atoms with van der Waals surface area (Å²) in [4.78, 5) is 7.65. The molecule has 212 valence electrons. The minimum absolute atomic E-state index is 0.231. The fourth-order valence-electron chi connectivity index (χ4n) is 3.28. The van der Waals surface area contributed by atoms with E-state index in [9.17, 15) is 8.78 Å². The van der Waals surface area contributed by atoms with Crippen LogP contribution in [0.25, 0.3) is 11.4 Å². The average molecular weight is 723 g/mol. The van der Waals surface area contributed by atoms with Gasteiger partial charge in [0.25, 0.3) is 0 Å². The van der Waals surface area contributed by atoms with Crippen molar-refractivity contribution in [3.05, 3.63) is 152 Å². The van der Waals surface area contributed by atoms with E-state index in [0.29, 0.717) is 16.0 Å². The largest absolute Gasteiger partial charge is 0.244 e. The van der Waals surface area contributed by atoms with Crippen LogP contribution >= 0.6 is 45.8 Å². The third kappa shape index (κ3) is 10.0. The molecule has 0 atom stereocenters. The van der Waals surface area contributed by atoms with Gasteiger partial charge in [-0.3, -0.25) is 0 Å². The molecule has 0 fully saturated rings. The highest BCUT2D eigenvalue weighted by molar-refractivity contribution is 14.1. The Kier molecular flexibility index (Phi) is 11.4. The summed E-state index contributed by atoms with van der Waals surface area (Å²) >= 11 is 13.4. The zero-order valence-electron chi connectivity index (χ0n) is 22.0. The molecule has 6 rings (SSSR count). The van der Waals surface area contributed by atoms with Gasteiger partial charge in [0.1, 0.15) is 31.3 Å². The Hall–Kier alpha value is -4.55. The summed E-state index contributed by atoms with van der Waals surface area (Å²) in [5, 5.41) is 9.35. The Morgan fingerprint density at radius 1 is 0.651 bits per heavy atom. The molecule has 6 nitrogen and oxygen atoms in total. The van der Waals surface area contributed by atoms with E-state index in [0.717, 1.165) is 26.2 Å². The predicted molar refractivity (Wildman–Crippen MR) is 172 cm³/mol. The molecule has 43 heavy (non-hydrogen) atoms. The molecule has 0 saturated heterocycles. The maximum Gasteiger partial charge on any atom is 0.136 e. The van der Waals surface area contributed by atoms with Gasteiger partial charge >= 0.3 is 0 Å². The first kappa shape index (κ1) is 31.4. The molecule has 0 amide bonds. The number of halogens is 5. The Labute approximate surface area is 270 Å². The van der Waals surface area contributed by atoms with E-state index in [-0.39, 0.29) is 11.6 Å². The van der Waals surface area contributed by atoms with E-state index in [1.807, 2.05) is 12.3 Å². The zero-order valence-corrected chi connectivity index (χ0v) is 25.7. The van der Waals surface area contributed by atoms with Crippen molar-refractivity contribution in [2.45, 2.75) is 0 Å². The van der Waals surface area contributed by atoms with Crippen molar-refractivity contribution in [3.63, 3.8) is 0 Å². The van der Waals surface area contributed by atoms with Crippen LogP contribution in [-0.4, -0.2) is 29.5 Å². The van der Waals surface area contributed by atoms with E-state index in [4.69, 9.17) is 29.6 Å². The van der Waals surface area contributed by atoms with Crippen LogP contribution in [0.3, 0.4) is 0 Å². The molecule has 4 heterocycles. The van der Waals surface area contributed by atoms with Crippen molar-refractivity contribution in [2.75, 3.05) is 0 Å². The second-order valence-corrected chi connectivity index (χ2v) is 10.2. The standard InChI is InChI=1S/C16H9ClFN3.C9H6FIN2.C7H4ClN/c17-16-11-12(7-9-19-16)1-4-14-8-10-21(20-14)15-5-2-13(18)3-6-15;10-7-1-3-8(4-2-7)13-6-5-9(11)12-13;1-2-6-3-4-9-7(8)5-6/h2-3,5-11H;1-6H;1,3-5H. The van der Waals surface area contributed by atoms with Crippen LogP contribution in [-0.2, 0) is 0 Å². The molecule has 11 heteroatoms. The van der Waals surface area contributed by atoms with Gasteiger partial charge in [-0.15, -0.1) is 6.42 Å². The number of hydrogen-bond donors (Lipinski definition) is 0. The summed E-state index contributed by atoms with van der Waals surface area (Å²) in [6.45, 7) is 0. The van der Waals surface area contributed by atoms with E-state index >= 15 is 0 Å². The second kappa shape index (κ2) is 15.6. The minimum atomic E-state index is -0.277. The molecule has 0 bridgehead atoms. The Morgan fingerprint density at radius 2 is 1.16 bits per heavy atom. The van der Waals surface area contributed by atoms with E-state index in [1.165, 1.54) is 24.3 Å². The maximum absolute atomic E-state index is 12.9. The molecule has 2 aromatic carbocycles. The summed E-state index contributed by atoms with van der Waals surface area (Å²) in [7, 11) is 0. The molecule has 6 aromatic rings. The third-order valence-corrected chi connectivity index (χ3v) is 6.27. The predicted octanol–water partition coefficient (Wildman–Crippen LogP) is 7.79. The number of hydrogen-bond acceptors (Lipinski definition) is 4. The molecule has 0 spiro atoms. The van der Waals surface area contributed by atoms with Gasteiger partial charge in [0.2, 0.25) is 0 Å². The van der Waals surface area contributed by atoms with Crippen molar-refractivity contribution in [1.82, 2.24) is 29.5 Å². The highest BCUT2D eigenvalue weighted by Gasteiger charge is 2.00. The number of terminal acetylenes is 1. The van der Waals surface area contributed by atoms with Crippen LogP contribution < -0.4 is 0 Å². The van der Waals surface area contributed by atoms with Crippen LogP contribution in [0.5, 0.6) is 0 Å². The molecule has 0 saturated carbocycles. The quantitative estimate of drug-likeness (QED) is 0.104. The maximum atomic E-state index is 12.9. The molecule has 0 aliphatic carbocycles. The first-order valence-electron chi connectivity index (χ1n) is 12.3. The normalized spacial score (nSPS) is 9.77. The molecule has 0 aliphatic heterocycles. The lowest BCUT2D eigenvalue weighted by molar-refractivity contribution is 0.626. The lowest BCUT2D eigenvalue weighted by Crippen LogP contribution is -1.94. The number of pyridine rings is 2. The van der Waals surface area contributed by atoms with Crippen molar-refractivity contribution >= 4 is 45.8 Å². The van der Waals surface area contributed by atoms with E-state index in [2.05, 4.69) is 60.5 Å². The summed E-state index contributed by atoms with van der Waals surface area (Å²) < 4.78 is 29.7. The van der Waals surface area contributed by atoms with Gasteiger partial charge in [0.15, 0.2) is 0 Å². The summed E-state index contributed by atoms with van der Waals surface area (Å²) in [5.41, 5.74) is 3.79. The molecule has 0 radical (unpaired) electrons. The fourth-order valence-corrected chi connectivity index (χ4v) is 4.02. The van der Waals surface area contributed by atoms with Crippen molar-refractivity contribution < 1.29 is 8.78 Å². The van der Waals surface area contributed by atoms with Crippen LogP contribution in [0.1, 0.15) is 16.8 Å². The number of nitrogens with zero attached hydrogens (tertiary/aromatic N) is 6. The Balaban J connectivity index is 0.000000163. The van der Waals surface area contributed by atoms with Gasteiger partial charge < -0.3 is 0 Å². The number of aromatic nitrogens is 6. The smallest absolute Gasteiger partial charge is 0.136 e. The highest BCUT2D eigenvalue weighted by atomic mass is 127. The van der Waals surface area contributed by atoms with E-state index in [1.54, 1.807) is 82.6 Å². The highest BCUT2D eigenvalue weighted by Crippen LogP contribution is 2.11. The molecule has 0 unspecified atom stereocenters.